The molecule has 2 rings (SSSR count). The molecule has 1 aromatic rings. The van der Waals surface area contributed by atoms with E-state index in [1.54, 1.807) is 25.3 Å². The Labute approximate surface area is 138 Å². The third-order valence-electron chi connectivity index (χ3n) is 4.39. The summed E-state index contributed by atoms with van der Waals surface area (Å²) in [5, 5.41) is 3.19. The van der Waals surface area contributed by atoms with E-state index in [9.17, 15) is 9.59 Å². The van der Waals surface area contributed by atoms with Crippen LogP contribution in [0.2, 0.25) is 0 Å². The van der Waals surface area contributed by atoms with Crippen LogP contribution in [0.25, 0.3) is 0 Å². The first-order chi connectivity index (χ1) is 11.0. The van der Waals surface area contributed by atoms with Crippen LogP contribution in [0.3, 0.4) is 0 Å². The van der Waals surface area contributed by atoms with Crippen LogP contribution in [0, 0.1) is 5.92 Å². The van der Waals surface area contributed by atoms with Crippen LogP contribution >= 0.6 is 0 Å². The van der Waals surface area contributed by atoms with Gasteiger partial charge in [-0.3, -0.25) is 9.59 Å². The lowest BCUT2D eigenvalue weighted by atomic mass is 9.97. The molecule has 0 bridgehead atoms. The zero-order valence-corrected chi connectivity index (χ0v) is 14.2. The minimum Gasteiger partial charge on any atom is -0.496 e. The number of carbonyl (C=O) groups is 2. The van der Waals surface area contributed by atoms with Crippen molar-refractivity contribution in [3.05, 3.63) is 29.3 Å². The maximum Gasteiger partial charge on any atom is 0.227 e. The van der Waals surface area contributed by atoms with Crippen molar-refractivity contribution in [3.63, 3.8) is 0 Å². The van der Waals surface area contributed by atoms with E-state index >= 15 is 0 Å². The van der Waals surface area contributed by atoms with Gasteiger partial charge < -0.3 is 15.0 Å². The molecule has 23 heavy (non-hydrogen) atoms. The number of methoxy groups -OCH3 is 1. The molecular weight excluding hydrogens is 292 g/mol. The van der Waals surface area contributed by atoms with E-state index < -0.39 is 0 Å². The fraction of sp³-hybridized carbons (Fsp3) is 0.556. The second-order valence-corrected chi connectivity index (χ2v) is 6.17. The highest BCUT2D eigenvalue weighted by Crippen LogP contribution is 2.23. The summed E-state index contributed by atoms with van der Waals surface area (Å²) in [4.78, 5) is 26.1. The van der Waals surface area contributed by atoms with Crippen LogP contribution in [0.15, 0.2) is 18.2 Å². The van der Waals surface area contributed by atoms with Crippen molar-refractivity contribution in [3.8, 4) is 5.75 Å². The first-order valence-corrected chi connectivity index (χ1v) is 8.15. The number of hydrogen-bond acceptors (Lipinski definition) is 4. The number of likely N-dealkylation sites (tertiary alicyclic amines) is 1. The molecule has 0 spiro atoms. The highest BCUT2D eigenvalue weighted by molar-refractivity contribution is 5.94. The average Bonchev–Trinajstić information content (AvgIpc) is 2.55. The van der Waals surface area contributed by atoms with Gasteiger partial charge in [0.15, 0.2) is 5.78 Å². The molecule has 0 aliphatic carbocycles. The summed E-state index contributed by atoms with van der Waals surface area (Å²) in [6, 6.07) is 5.27. The molecule has 0 aromatic heterocycles. The summed E-state index contributed by atoms with van der Waals surface area (Å²) >= 11 is 0. The van der Waals surface area contributed by atoms with Gasteiger partial charge >= 0.3 is 0 Å². The smallest absolute Gasteiger partial charge is 0.227 e. The van der Waals surface area contributed by atoms with Crippen molar-refractivity contribution in [2.24, 2.45) is 5.92 Å². The zero-order chi connectivity index (χ0) is 16.8. The zero-order valence-electron chi connectivity index (χ0n) is 14.2. The summed E-state index contributed by atoms with van der Waals surface area (Å²) in [7, 11) is 3.53. The molecule has 5 heteroatoms. The Kier molecular flexibility index (Phi) is 6.16. The van der Waals surface area contributed by atoms with Gasteiger partial charge in [0.2, 0.25) is 5.91 Å². The second-order valence-electron chi connectivity index (χ2n) is 6.17. The maximum atomic E-state index is 12.6. The molecule has 1 aliphatic rings. The third kappa shape index (κ3) is 4.55. The van der Waals surface area contributed by atoms with Crippen molar-refractivity contribution < 1.29 is 14.3 Å². The Balaban J connectivity index is 2.09. The van der Waals surface area contributed by atoms with Gasteiger partial charge in [-0.15, -0.1) is 0 Å². The lowest BCUT2D eigenvalue weighted by Gasteiger charge is -2.33. The number of hydrogen-bond donors (Lipinski definition) is 1. The Morgan fingerprint density at radius 3 is 2.83 bits per heavy atom. The number of piperidine rings is 1. The number of ether oxygens (including phenoxy) is 1. The van der Waals surface area contributed by atoms with Crippen LogP contribution in [-0.2, 0) is 11.2 Å². The maximum absolute atomic E-state index is 12.6. The first-order valence-electron chi connectivity index (χ1n) is 8.15. The summed E-state index contributed by atoms with van der Waals surface area (Å²) in [6.45, 7) is 4.08. The van der Waals surface area contributed by atoms with Crippen molar-refractivity contribution in [2.75, 3.05) is 33.8 Å². The quantitative estimate of drug-likeness (QED) is 0.814. The van der Waals surface area contributed by atoms with Crippen LogP contribution < -0.4 is 10.1 Å². The van der Waals surface area contributed by atoms with Crippen molar-refractivity contribution in [2.45, 2.75) is 26.2 Å². The predicted octanol–water partition coefficient (Wildman–Crippen LogP) is 1.90. The molecular formula is C18H26N2O3. The Bertz CT molecular complexity index is 569. The minimum absolute atomic E-state index is 0.00610. The molecule has 1 amide bonds. The number of amides is 1. The average molecular weight is 318 g/mol. The monoisotopic (exact) mass is 318 g/mol. The molecule has 1 aromatic carbocycles. The summed E-state index contributed by atoms with van der Waals surface area (Å²) in [5.41, 5.74) is 1.39. The number of carbonyl (C=O) groups excluding carboxylic acids is 2. The van der Waals surface area contributed by atoms with E-state index in [1.807, 2.05) is 11.9 Å². The molecule has 1 heterocycles. The molecule has 0 saturated carbocycles. The van der Waals surface area contributed by atoms with Crippen LogP contribution in [0.4, 0.5) is 0 Å². The van der Waals surface area contributed by atoms with Gasteiger partial charge in [-0.2, -0.15) is 0 Å². The Morgan fingerprint density at radius 1 is 1.39 bits per heavy atom. The summed E-state index contributed by atoms with van der Waals surface area (Å²) < 4.78 is 5.34. The number of nitrogens with one attached hydrogen (secondary N) is 1. The molecule has 1 atom stereocenters. The summed E-state index contributed by atoms with van der Waals surface area (Å²) in [6.07, 6.45) is 2.48. The van der Waals surface area contributed by atoms with Gasteiger partial charge in [0.05, 0.1) is 13.5 Å². The first kappa shape index (κ1) is 17.5. The number of ketones is 1. The third-order valence-corrected chi connectivity index (χ3v) is 4.39. The molecule has 0 radical (unpaired) electrons. The number of benzene rings is 1. The van der Waals surface area contributed by atoms with E-state index in [0.29, 0.717) is 17.2 Å². The lowest BCUT2D eigenvalue weighted by Crippen LogP contribution is -2.43. The van der Waals surface area contributed by atoms with E-state index in [1.165, 1.54) is 6.92 Å². The summed E-state index contributed by atoms with van der Waals surface area (Å²) in [5.74, 6) is 1.27. The van der Waals surface area contributed by atoms with Gasteiger partial charge in [-0.05, 0) is 57.5 Å². The van der Waals surface area contributed by atoms with E-state index in [-0.39, 0.29) is 18.1 Å². The van der Waals surface area contributed by atoms with E-state index in [4.69, 9.17) is 4.74 Å². The number of rotatable bonds is 6. The minimum atomic E-state index is -0.00610. The normalized spacial score (nSPS) is 17.9. The topological polar surface area (TPSA) is 58.6 Å². The fourth-order valence-electron chi connectivity index (χ4n) is 3.16. The van der Waals surface area contributed by atoms with Crippen LogP contribution in [-0.4, -0.2) is 50.4 Å². The molecule has 1 unspecified atom stereocenters. The van der Waals surface area contributed by atoms with Crippen molar-refractivity contribution >= 4 is 11.7 Å². The highest BCUT2D eigenvalue weighted by Gasteiger charge is 2.24. The molecule has 5 nitrogen and oxygen atoms in total. The largest absolute Gasteiger partial charge is 0.496 e. The van der Waals surface area contributed by atoms with Gasteiger partial charge in [-0.25, -0.2) is 0 Å². The second kappa shape index (κ2) is 8.11. The van der Waals surface area contributed by atoms with E-state index in [2.05, 4.69) is 5.32 Å². The fourth-order valence-corrected chi connectivity index (χ4v) is 3.16. The van der Waals surface area contributed by atoms with Crippen LogP contribution in [0.1, 0.15) is 35.7 Å². The standard InChI is InChI=1S/C18H26N2O3/c1-13(21)15-6-7-17(23-3)16(9-15)10-18(22)20-8-4-5-14(12-20)11-19-2/h6-7,9,14,19H,4-5,8,10-12H2,1-3H3. The Morgan fingerprint density at radius 2 is 2.17 bits per heavy atom. The van der Waals surface area contributed by atoms with Crippen molar-refractivity contribution in [1.82, 2.24) is 10.2 Å². The number of Topliss-reactive ketones (excluding diaryl/α,β-unsaturated/α-hetero) is 1. The number of nitrogens with zero attached hydrogens (tertiary/aromatic N) is 1. The molecule has 1 N–H and O–H groups in total. The van der Waals surface area contributed by atoms with E-state index in [0.717, 1.165) is 38.0 Å². The van der Waals surface area contributed by atoms with Crippen LogP contribution in [0.5, 0.6) is 5.75 Å². The predicted molar refractivity (Wildman–Crippen MR) is 89.9 cm³/mol. The Hall–Kier alpha value is -1.88. The molecule has 126 valence electrons. The molecule has 1 aliphatic heterocycles. The van der Waals surface area contributed by atoms with Gasteiger partial charge in [0, 0.05) is 24.2 Å². The lowest BCUT2D eigenvalue weighted by molar-refractivity contribution is -0.132. The van der Waals surface area contributed by atoms with Gasteiger partial charge in [0.1, 0.15) is 5.75 Å². The molecule has 1 fully saturated rings. The molecule has 1 saturated heterocycles. The van der Waals surface area contributed by atoms with Gasteiger partial charge in [0.25, 0.3) is 0 Å². The van der Waals surface area contributed by atoms with Gasteiger partial charge in [-0.1, -0.05) is 0 Å². The SMILES string of the molecule is CNCC1CCCN(C(=O)Cc2cc(C(C)=O)ccc2OC)C1. The van der Waals surface area contributed by atoms with Crippen molar-refractivity contribution in [1.29, 1.82) is 0 Å². The highest BCUT2D eigenvalue weighted by atomic mass is 16.5.